The van der Waals surface area contributed by atoms with E-state index in [1.54, 1.807) is 18.7 Å². The molecule has 10 heteroatoms. The zero-order valence-corrected chi connectivity index (χ0v) is 11.5. The summed E-state index contributed by atoms with van der Waals surface area (Å²) >= 11 is 0. The standard InChI is InChI=1S/C11H16F3N3O4/c1-6(2)8(18)17-4-3-7(5-17)15-10(20)16-21-9(19)11(12,13)14/h6-7H,3-5H2,1-2H3,(H2,15,16,20)/t7-/m0/s1. The Balaban J connectivity index is 2.34. The molecule has 1 atom stereocenters. The molecule has 3 amide bonds. The van der Waals surface area contributed by atoms with Gasteiger partial charge in [-0.05, 0) is 6.42 Å². The third-order valence-corrected chi connectivity index (χ3v) is 2.80. The zero-order valence-electron chi connectivity index (χ0n) is 11.5. The van der Waals surface area contributed by atoms with Crippen molar-refractivity contribution < 1.29 is 32.4 Å². The Morgan fingerprint density at radius 2 is 1.90 bits per heavy atom. The normalized spacial score (nSPS) is 18.6. The van der Waals surface area contributed by atoms with Crippen LogP contribution in [-0.2, 0) is 14.4 Å². The number of hydrogen-bond donors (Lipinski definition) is 2. The molecule has 1 heterocycles. The number of halogens is 3. The Hall–Kier alpha value is -2.00. The quantitative estimate of drug-likeness (QED) is 0.730. The fourth-order valence-electron chi connectivity index (χ4n) is 1.81. The Labute approximate surface area is 118 Å². The van der Waals surface area contributed by atoms with E-state index in [-0.39, 0.29) is 18.4 Å². The maximum Gasteiger partial charge on any atom is 0.493 e. The SMILES string of the molecule is CC(C)C(=O)N1CC[C@H](NC(=O)NOC(=O)C(F)(F)F)C1. The Kier molecular flexibility index (Phi) is 5.39. The molecule has 1 rings (SSSR count). The number of likely N-dealkylation sites (tertiary alicyclic amines) is 1. The summed E-state index contributed by atoms with van der Waals surface area (Å²) in [6.45, 7) is 4.20. The number of amides is 3. The molecule has 0 bridgehead atoms. The molecule has 1 aliphatic heterocycles. The Morgan fingerprint density at radius 3 is 2.43 bits per heavy atom. The topological polar surface area (TPSA) is 87.7 Å². The van der Waals surface area contributed by atoms with Crippen LogP contribution >= 0.6 is 0 Å². The van der Waals surface area contributed by atoms with Gasteiger partial charge in [0, 0.05) is 25.0 Å². The lowest BCUT2D eigenvalue weighted by molar-refractivity contribution is -0.204. The second kappa shape index (κ2) is 6.64. The highest BCUT2D eigenvalue weighted by atomic mass is 19.4. The summed E-state index contributed by atoms with van der Waals surface area (Å²) in [7, 11) is 0. The van der Waals surface area contributed by atoms with Crippen molar-refractivity contribution >= 4 is 17.9 Å². The average Bonchev–Trinajstić information content (AvgIpc) is 2.81. The van der Waals surface area contributed by atoms with Gasteiger partial charge in [0.2, 0.25) is 5.91 Å². The maximum atomic E-state index is 11.8. The highest BCUT2D eigenvalue weighted by Crippen LogP contribution is 2.15. The van der Waals surface area contributed by atoms with Crippen molar-refractivity contribution in [3.8, 4) is 0 Å². The van der Waals surface area contributed by atoms with Gasteiger partial charge in [-0.2, -0.15) is 18.7 Å². The first kappa shape index (κ1) is 17.1. The summed E-state index contributed by atoms with van der Waals surface area (Å²) in [6.07, 6.45) is -4.71. The van der Waals surface area contributed by atoms with E-state index in [0.717, 1.165) is 0 Å². The number of carbonyl (C=O) groups is 3. The van der Waals surface area contributed by atoms with Crippen LogP contribution in [0.15, 0.2) is 0 Å². The molecule has 0 aromatic carbocycles. The number of hydrogen-bond acceptors (Lipinski definition) is 4. The van der Waals surface area contributed by atoms with Crippen molar-refractivity contribution in [3.63, 3.8) is 0 Å². The van der Waals surface area contributed by atoms with Gasteiger partial charge in [0.1, 0.15) is 0 Å². The molecule has 0 saturated carbocycles. The summed E-state index contributed by atoms with van der Waals surface area (Å²) in [5.41, 5.74) is 1.36. The van der Waals surface area contributed by atoms with Gasteiger partial charge in [0.15, 0.2) is 0 Å². The van der Waals surface area contributed by atoms with Crippen LogP contribution in [0.3, 0.4) is 0 Å². The molecule has 1 aliphatic rings. The minimum absolute atomic E-state index is 0.0665. The first-order valence-electron chi connectivity index (χ1n) is 6.24. The molecule has 0 unspecified atom stereocenters. The van der Waals surface area contributed by atoms with Crippen LogP contribution in [0, 0.1) is 5.92 Å². The van der Waals surface area contributed by atoms with Gasteiger partial charge < -0.3 is 15.1 Å². The third-order valence-electron chi connectivity index (χ3n) is 2.80. The second-order valence-corrected chi connectivity index (χ2v) is 4.89. The second-order valence-electron chi connectivity index (χ2n) is 4.89. The number of carbonyl (C=O) groups excluding carboxylic acids is 3. The monoisotopic (exact) mass is 311 g/mol. The van der Waals surface area contributed by atoms with Crippen LogP contribution in [0.4, 0.5) is 18.0 Å². The lowest BCUT2D eigenvalue weighted by Crippen LogP contribution is -2.46. The Morgan fingerprint density at radius 1 is 1.29 bits per heavy atom. The van der Waals surface area contributed by atoms with E-state index < -0.39 is 24.2 Å². The molecule has 0 spiro atoms. The summed E-state index contributed by atoms with van der Waals surface area (Å²) < 4.78 is 35.5. The molecule has 120 valence electrons. The number of urea groups is 1. The smallest absolute Gasteiger partial charge is 0.340 e. The predicted molar refractivity (Wildman–Crippen MR) is 63.6 cm³/mol. The highest BCUT2D eigenvalue weighted by Gasteiger charge is 2.42. The molecular weight excluding hydrogens is 295 g/mol. The van der Waals surface area contributed by atoms with Crippen molar-refractivity contribution in [1.82, 2.24) is 15.7 Å². The fourth-order valence-corrected chi connectivity index (χ4v) is 1.81. The van der Waals surface area contributed by atoms with Crippen LogP contribution in [0.25, 0.3) is 0 Å². The van der Waals surface area contributed by atoms with Crippen LogP contribution in [-0.4, -0.2) is 48.1 Å². The summed E-state index contributed by atoms with van der Waals surface area (Å²) in [6, 6.07) is -1.48. The number of nitrogens with one attached hydrogen (secondary N) is 2. The Bertz CT molecular complexity index is 425. The van der Waals surface area contributed by atoms with Gasteiger partial charge in [-0.15, -0.1) is 0 Å². The van der Waals surface area contributed by atoms with Crippen LogP contribution in [0.2, 0.25) is 0 Å². The fraction of sp³-hybridized carbons (Fsp3) is 0.727. The van der Waals surface area contributed by atoms with Crippen molar-refractivity contribution in [2.75, 3.05) is 13.1 Å². The van der Waals surface area contributed by atoms with E-state index in [1.807, 2.05) is 0 Å². The molecule has 0 radical (unpaired) electrons. The van der Waals surface area contributed by atoms with Crippen LogP contribution in [0.5, 0.6) is 0 Å². The van der Waals surface area contributed by atoms with Gasteiger partial charge >= 0.3 is 18.2 Å². The third kappa shape index (κ3) is 5.12. The lowest BCUT2D eigenvalue weighted by Gasteiger charge is -2.19. The van der Waals surface area contributed by atoms with Gasteiger partial charge in [-0.3, -0.25) is 4.79 Å². The van der Waals surface area contributed by atoms with E-state index >= 15 is 0 Å². The predicted octanol–water partition coefficient (Wildman–Crippen LogP) is 0.563. The van der Waals surface area contributed by atoms with Gasteiger partial charge in [-0.1, -0.05) is 13.8 Å². The molecule has 0 aromatic heterocycles. The molecule has 1 saturated heterocycles. The largest absolute Gasteiger partial charge is 0.493 e. The minimum atomic E-state index is -5.18. The molecule has 0 aromatic rings. The molecule has 1 fully saturated rings. The summed E-state index contributed by atoms with van der Waals surface area (Å²) in [4.78, 5) is 38.5. The minimum Gasteiger partial charge on any atom is -0.340 e. The number of hydroxylamine groups is 1. The molecule has 0 aliphatic carbocycles. The van der Waals surface area contributed by atoms with Crippen molar-refractivity contribution in [2.24, 2.45) is 5.92 Å². The van der Waals surface area contributed by atoms with Crippen molar-refractivity contribution in [3.05, 3.63) is 0 Å². The van der Waals surface area contributed by atoms with E-state index in [0.29, 0.717) is 13.0 Å². The molecule has 21 heavy (non-hydrogen) atoms. The molecule has 7 nitrogen and oxygen atoms in total. The van der Waals surface area contributed by atoms with E-state index in [2.05, 4.69) is 10.2 Å². The number of nitrogens with zero attached hydrogens (tertiary/aromatic N) is 1. The zero-order chi connectivity index (χ0) is 16.2. The van der Waals surface area contributed by atoms with E-state index in [9.17, 15) is 27.6 Å². The lowest BCUT2D eigenvalue weighted by atomic mass is 10.2. The van der Waals surface area contributed by atoms with Crippen molar-refractivity contribution in [1.29, 1.82) is 0 Å². The summed E-state index contributed by atoms with van der Waals surface area (Å²) in [5.74, 6) is -2.76. The van der Waals surface area contributed by atoms with Crippen LogP contribution in [0.1, 0.15) is 20.3 Å². The first-order valence-corrected chi connectivity index (χ1v) is 6.24. The van der Waals surface area contributed by atoms with Gasteiger partial charge in [0.25, 0.3) is 0 Å². The molecular formula is C11H16F3N3O4. The summed E-state index contributed by atoms with van der Waals surface area (Å²) in [5, 5.41) is 2.32. The first-order chi connectivity index (χ1) is 9.61. The van der Waals surface area contributed by atoms with Crippen LogP contribution < -0.4 is 10.8 Å². The van der Waals surface area contributed by atoms with Crippen molar-refractivity contribution in [2.45, 2.75) is 32.5 Å². The van der Waals surface area contributed by atoms with Gasteiger partial charge in [-0.25, -0.2) is 9.59 Å². The molecule has 2 N–H and O–H groups in total. The average molecular weight is 311 g/mol. The van der Waals surface area contributed by atoms with Gasteiger partial charge in [0.05, 0.1) is 0 Å². The number of alkyl halides is 3. The number of rotatable bonds is 2. The van der Waals surface area contributed by atoms with E-state index in [1.165, 1.54) is 5.48 Å². The maximum absolute atomic E-state index is 11.8. The van der Waals surface area contributed by atoms with E-state index in [4.69, 9.17) is 0 Å². The highest BCUT2D eigenvalue weighted by molar-refractivity contribution is 5.80.